The van der Waals surface area contributed by atoms with Crippen LogP contribution in [-0.4, -0.2) is 24.4 Å². The first kappa shape index (κ1) is 10.8. The molecular weight excluding hydrogens is 228 g/mol. The Hall–Kier alpha value is -2.37. The van der Waals surface area contributed by atoms with E-state index in [1.54, 1.807) is 9.20 Å². The first-order valence-corrected chi connectivity index (χ1v) is 5.87. The minimum atomic E-state index is 0.587. The van der Waals surface area contributed by atoms with Crippen molar-refractivity contribution in [1.82, 2.24) is 24.4 Å². The van der Waals surface area contributed by atoms with E-state index in [1.807, 2.05) is 37.6 Å². The van der Waals surface area contributed by atoms with Gasteiger partial charge in [0, 0.05) is 19.4 Å². The fraction of sp³-hybridized carbons (Fsp3) is 0.250. The summed E-state index contributed by atoms with van der Waals surface area (Å²) >= 11 is 0. The summed E-state index contributed by atoms with van der Waals surface area (Å²) in [5.41, 5.74) is 2.79. The highest BCUT2D eigenvalue weighted by molar-refractivity contribution is 5.57. The lowest BCUT2D eigenvalue weighted by molar-refractivity contribution is 0.746. The van der Waals surface area contributed by atoms with Gasteiger partial charge in [-0.3, -0.25) is 4.68 Å². The van der Waals surface area contributed by atoms with Crippen LogP contribution in [0.25, 0.3) is 5.65 Å². The average Bonchev–Trinajstić information content (AvgIpc) is 2.92. The minimum absolute atomic E-state index is 0.587. The van der Waals surface area contributed by atoms with Gasteiger partial charge in [0.2, 0.25) is 5.95 Å². The van der Waals surface area contributed by atoms with Gasteiger partial charge in [0.05, 0.1) is 11.4 Å². The predicted octanol–water partition coefficient (Wildman–Crippen LogP) is 1.77. The molecule has 0 aromatic carbocycles. The van der Waals surface area contributed by atoms with E-state index in [2.05, 4.69) is 27.4 Å². The van der Waals surface area contributed by atoms with Crippen LogP contribution in [0.2, 0.25) is 0 Å². The van der Waals surface area contributed by atoms with Gasteiger partial charge in [-0.15, -0.1) is 5.10 Å². The van der Waals surface area contributed by atoms with Gasteiger partial charge in [0.15, 0.2) is 5.65 Å². The topological polar surface area (TPSA) is 60.0 Å². The van der Waals surface area contributed by atoms with Gasteiger partial charge in [-0.2, -0.15) is 10.1 Å². The Labute approximate surface area is 104 Å². The van der Waals surface area contributed by atoms with Gasteiger partial charge in [-0.25, -0.2) is 4.52 Å². The number of nitrogens with zero attached hydrogens (tertiary/aromatic N) is 5. The Kier molecular flexibility index (Phi) is 2.47. The summed E-state index contributed by atoms with van der Waals surface area (Å²) in [6.07, 6.45) is 4.68. The van der Waals surface area contributed by atoms with E-state index in [0.29, 0.717) is 5.95 Å². The molecule has 18 heavy (non-hydrogen) atoms. The summed E-state index contributed by atoms with van der Waals surface area (Å²) in [5.74, 6) is 0.587. The van der Waals surface area contributed by atoms with E-state index < -0.39 is 0 Å². The van der Waals surface area contributed by atoms with Gasteiger partial charge >= 0.3 is 0 Å². The molecule has 0 unspecified atom stereocenters. The standard InChI is InChI=1S/C12H14N6/c1-3-9-10(8-17(2)15-9)13-12-14-11-6-4-5-7-18(11)16-12/h4-8H,3H2,1-2H3,(H,13,16). The fourth-order valence-electron chi connectivity index (χ4n) is 1.91. The van der Waals surface area contributed by atoms with Crippen LogP contribution in [0, 0.1) is 0 Å². The molecule has 0 atom stereocenters. The van der Waals surface area contributed by atoms with Gasteiger partial charge < -0.3 is 5.32 Å². The van der Waals surface area contributed by atoms with Crippen LogP contribution in [-0.2, 0) is 13.5 Å². The number of aromatic nitrogens is 5. The molecule has 0 fully saturated rings. The van der Waals surface area contributed by atoms with Crippen LogP contribution in [0.3, 0.4) is 0 Å². The number of rotatable bonds is 3. The van der Waals surface area contributed by atoms with Crippen LogP contribution in [0.15, 0.2) is 30.6 Å². The van der Waals surface area contributed by atoms with Crippen molar-refractivity contribution in [3.8, 4) is 0 Å². The lowest BCUT2D eigenvalue weighted by atomic mass is 10.3. The second kappa shape index (κ2) is 4.14. The molecule has 6 heteroatoms. The van der Waals surface area contributed by atoms with Gasteiger partial charge in [-0.05, 0) is 18.6 Å². The number of hydrogen-bond donors (Lipinski definition) is 1. The van der Waals surface area contributed by atoms with E-state index >= 15 is 0 Å². The molecule has 0 aliphatic carbocycles. The highest BCUT2D eigenvalue weighted by atomic mass is 15.4. The third kappa shape index (κ3) is 1.81. The number of aryl methyl sites for hydroxylation is 2. The van der Waals surface area contributed by atoms with Crippen LogP contribution >= 0.6 is 0 Å². The van der Waals surface area contributed by atoms with Crippen molar-refractivity contribution in [1.29, 1.82) is 0 Å². The lowest BCUT2D eigenvalue weighted by Crippen LogP contribution is -1.95. The normalized spacial score (nSPS) is 11.0. The molecule has 3 aromatic heterocycles. The number of fused-ring (bicyclic) bond motifs is 1. The van der Waals surface area contributed by atoms with Crippen molar-refractivity contribution < 1.29 is 0 Å². The Morgan fingerprint density at radius 2 is 2.17 bits per heavy atom. The molecule has 0 spiro atoms. The van der Waals surface area contributed by atoms with Crippen LogP contribution in [0.1, 0.15) is 12.6 Å². The van der Waals surface area contributed by atoms with Crippen molar-refractivity contribution in [2.75, 3.05) is 5.32 Å². The number of pyridine rings is 1. The van der Waals surface area contributed by atoms with Crippen LogP contribution in [0.4, 0.5) is 11.6 Å². The first-order valence-electron chi connectivity index (χ1n) is 5.87. The zero-order valence-electron chi connectivity index (χ0n) is 10.3. The van der Waals surface area contributed by atoms with E-state index in [9.17, 15) is 0 Å². The van der Waals surface area contributed by atoms with E-state index in [1.165, 1.54) is 0 Å². The molecule has 0 amide bonds. The minimum Gasteiger partial charge on any atom is -0.320 e. The third-order valence-corrected chi connectivity index (χ3v) is 2.73. The molecule has 0 aliphatic rings. The van der Waals surface area contributed by atoms with Crippen molar-refractivity contribution in [2.24, 2.45) is 7.05 Å². The molecule has 6 nitrogen and oxygen atoms in total. The molecule has 3 rings (SSSR count). The summed E-state index contributed by atoms with van der Waals surface area (Å²) in [6, 6.07) is 5.78. The molecule has 0 aliphatic heterocycles. The SMILES string of the molecule is CCc1nn(C)cc1Nc1nc2ccccn2n1. The molecule has 0 saturated heterocycles. The average molecular weight is 242 g/mol. The molecular formula is C12H14N6. The zero-order chi connectivity index (χ0) is 12.5. The van der Waals surface area contributed by atoms with Crippen LogP contribution in [0.5, 0.6) is 0 Å². The van der Waals surface area contributed by atoms with Crippen molar-refractivity contribution in [3.05, 3.63) is 36.3 Å². The van der Waals surface area contributed by atoms with Gasteiger partial charge in [-0.1, -0.05) is 13.0 Å². The summed E-state index contributed by atoms with van der Waals surface area (Å²) < 4.78 is 3.53. The largest absolute Gasteiger partial charge is 0.320 e. The lowest BCUT2D eigenvalue weighted by Gasteiger charge is -1.98. The van der Waals surface area contributed by atoms with E-state index in [0.717, 1.165) is 23.4 Å². The summed E-state index contributed by atoms with van der Waals surface area (Å²) in [5, 5.41) is 11.9. The summed E-state index contributed by atoms with van der Waals surface area (Å²) in [4.78, 5) is 4.40. The number of hydrogen-bond acceptors (Lipinski definition) is 4. The molecule has 1 N–H and O–H groups in total. The molecule has 92 valence electrons. The predicted molar refractivity (Wildman–Crippen MR) is 68.9 cm³/mol. The Morgan fingerprint density at radius 1 is 1.28 bits per heavy atom. The highest BCUT2D eigenvalue weighted by Gasteiger charge is 2.09. The third-order valence-electron chi connectivity index (χ3n) is 2.73. The van der Waals surface area contributed by atoms with Crippen molar-refractivity contribution in [3.63, 3.8) is 0 Å². The summed E-state index contributed by atoms with van der Waals surface area (Å²) in [6.45, 7) is 2.07. The number of nitrogens with one attached hydrogen (secondary N) is 1. The Morgan fingerprint density at radius 3 is 2.94 bits per heavy atom. The van der Waals surface area contributed by atoms with Gasteiger partial charge in [0.25, 0.3) is 0 Å². The molecule has 3 heterocycles. The maximum atomic E-state index is 4.40. The van der Waals surface area contributed by atoms with E-state index in [4.69, 9.17) is 0 Å². The number of anilines is 2. The Bertz CT molecular complexity index is 648. The smallest absolute Gasteiger partial charge is 0.247 e. The van der Waals surface area contributed by atoms with Crippen molar-refractivity contribution >= 4 is 17.3 Å². The fourth-order valence-corrected chi connectivity index (χ4v) is 1.91. The van der Waals surface area contributed by atoms with Crippen molar-refractivity contribution in [2.45, 2.75) is 13.3 Å². The highest BCUT2D eigenvalue weighted by Crippen LogP contribution is 2.18. The Balaban J connectivity index is 1.95. The van der Waals surface area contributed by atoms with Crippen LogP contribution < -0.4 is 5.32 Å². The maximum Gasteiger partial charge on any atom is 0.247 e. The van der Waals surface area contributed by atoms with Gasteiger partial charge in [0.1, 0.15) is 0 Å². The molecule has 0 bridgehead atoms. The molecule has 0 radical (unpaired) electrons. The second-order valence-electron chi connectivity index (χ2n) is 4.08. The molecule has 3 aromatic rings. The van der Waals surface area contributed by atoms with E-state index in [-0.39, 0.29) is 0 Å². The summed E-state index contributed by atoms with van der Waals surface area (Å²) in [7, 11) is 1.90. The first-order chi connectivity index (χ1) is 8.76. The monoisotopic (exact) mass is 242 g/mol. The maximum absolute atomic E-state index is 4.40. The quantitative estimate of drug-likeness (QED) is 0.760. The second-order valence-corrected chi connectivity index (χ2v) is 4.08. The molecule has 0 saturated carbocycles. The zero-order valence-corrected chi connectivity index (χ0v) is 10.3.